The minimum absolute atomic E-state index is 0.121. The molecule has 1 aromatic rings. The number of rotatable bonds is 3. The molecule has 0 aliphatic rings. The Morgan fingerprint density at radius 3 is 2.79 bits per heavy atom. The summed E-state index contributed by atoms with van der Waals surface area (Å²) in [6, 6.07) is 3.15. The first-order chi connectivity index (χ1) is 6.57. The minimum atomic E-state index is -0.460. The topological polar surface area (TPSA) is 43.1 Å². The molecule has 1 aromatic carbocycles. The van der Waals surface area contributed by atoms with Crippen molar-refractivity contribution in [3.63, 3.8) is 0 Å². The van der Waals surface area contributed by atoms with Gasteiger partial charge in [-0.3, -0.25) is 4.79 Å². The van der Waals surface area contributed by atoms with E-state index in [-0.39, 0.29) is 24.3 Å². The van der Waals surface area contributed by atoms with E-state index in [9.17, 15) is 9.18 Å². The Morgan fingerprint density at radius 2 is 2.21 bits per heavy atom. The van der Waals surface area contributed by atoms with Gasteiger partial charge in [-0.1, -0.05) is 15.9 Å². The highest BCUT2D eigenvalue weighted by Gasteiger charge is 2.14. The van der Waals surface area contributed by atoms with Crippen LogP contribution in [0.5, 0.6) is 0 Å². The molecule has 0 aliphatic heterocycles. The molecule has 0 heterocycles. The number of halogens is 2. The predicted molar refractivity (Wildman–Crippen MR) is 56.8 cm³/mol. The van der Waals surface area contributed by atoms with Gasteiger partial charge in [-0.25, -0.2) is 4.39 Å². The van der Waals surface area contributed by atoms with Gasteiger partial charge in [0.15, 0.2) is 5.78 Å². The van der Waals surface area contributed by atoms with Crippen LogP contribution in [0.15, 0.2) is 16.6 Å². The molecule has 1 rings (SSSR count). The van der Waals surface area contributed by atoms with Gasteiger partial charge in [0.2, 0.25) is 0 Å². The second-order valence-corrected chi connectivity index (χ2v) is 3.85. The number of hydrogen-bond acceptors (Lipinski definition) is 2. The van der Waals surface area contributed by atoms with E-state index >= 15 is 0 Å². The summed E-state index contributed by atoms with van der Waals surface area (Å²) in [5.74, 6) is -0.710. The van der Waals surface area contributed by atoms with Crippen molar-refractivity contribution in [3.8, 4) is 0 Å². The van der Waals surface area contributed by atoms with Gasteiger partial charge in [-0.15, -0.1) is 0 Å². The summed E-state index contributed by atoms with van der Waals surface area (Å²) in [5, 5.41) is 0. The lowest BCUT2D eigenvalue weighted by Crippen LogP contribution is -2.10. The van der Waals surface area contributed by atoms with Crippen molar-refractivity contribution in [2.45, 2.75) is 13.3 Å². The maximum absolute atomic E-state index is 13.5. The molecule has 0 spiro atoms. The van der Waals surface area contributed by atoms with Gasteiger partial charge < -0.3 is 5.73 Å². The predicted octanol–water partition coefficient (Wildman–Crippen LogP) is 2.43. The van der Waals surface area contributed by atoms with Gasteiger partial charge in [-0.2, -0.15) is 0 Å². The van der Waals surface area contributed by atoms with Crippen LogP contribution >= 0.6 is 15.9 Å². The number of Topliss-reactive ketones (excluding diaryl/α,β-unsaturated/α-hetero) is 1. The molecule has 0 aliphatic carbocycles. The monoisotopic (exact) mass is 259 g/mol. The molecule has 0 saturated heterocycles. The van der Waals surface area contributed by atoms with Crippen LogP contribution in [-0.2, 0) is 0 Å². The Kier molecular flexibility index (Phi) is 3.77. The normalized spacial score (nSPS) is 10.3. The van der Waals surface area contributed by atoms with E-state index in [0.29, 0.717) is 10.0 Å². The summed E-state index contributed by atoms with van der Waals surface area (Å²) in [4.78, 5) is 11.4. The highest BCUT2D eigenvalue weighted by atomic mass is 79.9. The van der Waals surface area contributed by atoms with E-state index < -0.39 is 5.82 Å². The molecule has 0 amide bonds. The number of carbonyl (C=O) groups is 1. The zero-order valence-corrected chi connectivity index (χ0v) is 9.40. The van der Waals surface area contributed by atoms with Crippen LogP contribution in [0.2, 0.25) is 0 Å². The number of carbonyl (C=O) groups excluding carboxylic acids is 1. The summed E-state index contributed by atoms with van der Waals surface area (Å²) < 4.78 is 14.2. The summed E-state index contributed by atoms with van der Waals surface area (Å²) in [5.41, 5.74) is 5.81. The Hall–Kier alpha value is -0.740. The van der Waals surface area contributed by atoms with Gasteiger partial charge in [0.25, 0.3) is 0 Å². The Bertz CT molecular complexity index is 365. The van der Waals surface area contributed by atoms with Crippen molar-refractivity contribution in [2.75, 3.05) is 6.54 Å². The van der Waals surface area contributed by atoms with E-state index in [4.69, 9.17) is 5.73 Å². The molecule has 0 aromatic heterocycles. The first kappa shape index (κ1) is 11.3. The van der Waals surface area contributed by atoms with Crippen LogP contribution in [0.4, 0.5) is 4.39 Å². The number of hydrogen-bond donors (Lipinski definition) is 1. The smallest absolute Gasteiger partial charge is 0.167 e. The molecule has 4 heteroatoms. The minimum Gasteiger partial charge on any atom is -0.330 e. The average Bonchev–Trinajstić information content (AvgIpc) is 2.15. The summed E-state index contributed by atoms with van der Waals surface area (Å²) in [6.07, 6.45) is 0.179. The molecule has 76 valence electrons. The van der Waals surface area contributed by atoms with Crippen molar-refractivity contribution in [3.05, 3.63) is 33.5 Å². The summed E-state index contributed by atoms with van der Waals surface area (Å²) >= 11 is 3.19. The average molecular weight is 260 g/mol. The maximum Gasteiger partial charge on any atom is 0.167 e. The molecular formula is C10H11BrFNO. The fraction of sp³-hybridized carbons (Fsp3) is 0.300. The van der Waals surface area contributed by atoms with Crippen molar-refractivity contribution < 1.29 is 9.18 Å². The van der Waals surface area contributed by atoms with Gasteiger partial charge in [0.05, 0.1) is 5.56 Å². The highest BCUT2D eigenvalue weighted by molar-refractivity contribution is 9.10. The van der Waals surface area contributed by atoms with Crippen LogP contribution in [0, 0.1) is 12.7 Å². The van der Waals surface area contributed by atoms with Crippen molar-refractivity contribution in [2.24, 2.45) is 5.73 Å². The quantitative estimate of drug-likeness (QED) is 0.848. The Morgan fingerprint density at radius 1 is 1.57 bits per heavy atom. The molecule has 2 N–H and O–H groups in total. The zero-order valence-electron chi connectivity index (χ0n) is 7.81. The van der Waals surface area contributed by atoms with E-state index in [0.717, 1.165) is 0 Å². The lowest BCUT2D eigenvalue weighted by molar-refractivity contribution is 0.0981. The van der Waals surface area contributed by atoms with Crippen LogP contribution < -0.4 is 5.73 Å². The fourth-order valence-electron chi connectivity index (χ4n) is 1.14. The van der Waals surface area contributed by atoms with Crippen LogP contribution in [0.1, 0.15) is 22.3 Å². The lowest BCUT2D eigenvalue weighted by atomic mass is 10.0. The van der Waals surface area contributed by atoms with Crippen molar-refractivity contribution >= 4 is 21.7 Å². The van der Waals surface area contributed by atoms with E-state index in [1.165, 1.54) is 6.07 Å². The van der Waals surface area contributed by atoms with E-state index in [2.05, 4.69) is 15.9 Å². The number of ketones is 1. The fourth-order valence-corrected chi connectivity index (χ4v) is 1.45. The second-order valence-electron chi connectivity index (χ2n) is 3.00. The first-order valence-corrected chi connectivity index (χ1v) is 5.05. The Balaban J connectivity index is 3.11. The van der Waals surface area contributed by atoms with Crippen LogP contribution in [-0.4, -0.2) is 12.3 Å². The third-order valence-corrected chi connectivity index (χ3v) is 2.85. The molecule has 2 nitrogen and oxygen atoms in total. The molecule has 0 bridgehead atoms. The van der Waals surface area contributed by atoms with Gasteiger partial charge in [0.1, 0.15) is 5.82 Å². The third-order valence-electron chi connectivity index (χ3n) is 1.99. The molecule has 14 heavy (non-hydrogen) atoms. The first-order valence-electron chi connectivity index (χ1n) is 4.25. The molecule has 0 fully saturated rings. The lowest BCUT2D eigenvalue weighted by Gasteiger charge is -2.05. The molecule has 0 unspecified atom stereocenters. The third kappa shape index (κ3) is 2.19. The summed E-state index contributed by atoms with van der Waals surface area (Å²) in [6.45, 7) is 1.87. The summed E-state index contributed by atoms with van der Waals surface area (Å²) in [7, 11) is 0. The van der Waals surface area contributed by atoms with E-state index in [1.54, 1.807) is 13.0 Å². The van der Waals surface area contributed by atoms with Crippen molar-refractivity contribution in [1.82, 2.24) is 0 Å². The highest BCUT2D eigenvalue weighted by Crippen LogP contribution is 2.22. The van der Waals surface area contributed by atoms with Crippen LogP contribution in [0.25, 0.3) is 0 Å². The standard InChI is InChI=1S/C10H11BrFNO/c1-6-8(11)3-2-7(10(6)12)9(14)4-5-13/h2-3H,4-5,13H2,1H3. The van der Waals surface area contributed by atoms with Gasteiger partial charge in [-0.05, 0) is 31.2 Å². The zero-order chi connectivity index (χ0) is 10.7. The number of benzene rings is 1. The van der Waals surface area contributed by atoms with Crippen LogP contribution in [0.3, 0.4) is 0 Å². The van der Waals surface area contributed by atoms with Gasteiger partial charge >= 0.3 is 0 Å². The molecule has 0 radical (unpaired) electrons. The SMILES string of the molecule is Cc1c(Br)ccc(C(=O)CCN)c1F. The Labute approximate surface area is 90.4 Å². The van der Waals surface area contributed by atoms with E-state index in [1.807, 2.05) is 0 Å². The molecule has 0 atom stereocenters. The van der Waals surface area contributed by atoms with Crippen molar-refractivity contribution in [1.29, 1.82) is 0 Å². The van der Waals surface area contributed by atoms with Gasteiger partial charge in [0, 0.05) is 10.9 Å². The number of nitrogens with two attached hydrogens (primary N) is 1. The molecular weight excluding hydrogens is 249 g/mol. The molecule has 0 saturated carbocycles. The second kappa shape index (κ2) is 4.66. The largest absolute Gasteiger partial charge is 0.330 e. The maximum atomic E-state index is 13.5.